The molecule has 0 saturated heterocycles. The Bertz CT molecular complexity index is 898. The molecule has 1 fully saturated rings. The van der Waals surface area contributed by atoms with Gasteiger partial charge in [0.05, 0.1) is 22.4 Å². The van der Waals surface area contributed by atoms with Gasteiger partial charge in [0.2, 0.25) is 5.91 Å². The Morgan fingerprint density at radius 2 is 2.09 bits per heavy atom. The van der Waals surface area contributed by atoms with Crippen LogP contribution in [0, 0.1) is 6.92 Å². The van der Waals surface area contributed by atoms with Crippen LogP contribution in [0.5, 0.6) is 0 Å². The molecular weight excluding hydrogens is 306 g/mol. The number of hydrogen-bond acceptors (Lipinski definition) is 4. The number of carbonyl (C=O) groups excluding carboxylic acids is 1. The minimum absolute atomic E-state index is 0.0521. The molecule has 4 nitrogen and oxygen atoms in total. The van der Waals surface area contributed by atoms with Gasteiger partial charge in [-0.05, 0) is 55.0 Å². The summed E-state index contributed by atoms with van der Waals surface area (Å²) < 4.78 is 0. The van der Waals surface area contributed by atoms with E-state index in [1.807, 2.05) is 23.9 Å². The molecule has 1 aliphatic carbocycles. The van der Waals surface area contributed by atoms with Gasteiger partial charge >= 0.3 is 0 Å². The summed E-state index contributed by atoms with van der Waals surface area (Å²) in [5.41, 5.74) is 7.96. The Morgan fingerprint density at radius 3 is 2.74 bits per heavy atom. The molecule has 4 rings (SSSR count). The molecule has 0 spiro atoms. The van der Waals surface area contributed by atoms with Crippen molar-refractivity contribution < 1.29 is 4.79 Å². The molecule has 5 heteroatoms. The Hall–Kier alpha value is -2.27. The SMILES string of the molecule is CC(=O)Nc1cc(C)c2nc(-c3cscn3)cc(C3CC3)c2c1. The van der Waals surface area contributed by atoms with E-state index < -0.39 is 0 Å². The van der Waals surface area contributed by atoms with E-state index in [9.17, 15) is 4.79 Å². The van der Waals surface area contributed by atoms with Crippen molar-refractivity contribution in [3.05, 3.63) is 40.2 Å². The monoisotopic (exact) mass is 323 g/mol. The summed E-state index contributed by atoms with van der Waals surface area (Å²) in [6.45, 7) is 3.58. The molecule has 0 aliphatic heterocycles. The lowest BCUT2D eigenvalue weighted by Gasteiger charge is -2.12. The number of nitrogens with zero attached hydrogens (tertiary/aromatic N) is 2. The summed E-state index contributed by atoms with van der Waals surface area (Å²) >= 11 is 1.58. The van der Waals surface area contributed by atoms with Crippen molar-refractivity contribution >= 4 is 33.8 Å². The number of hydrogen-bond donors (Lipinski definition) is 1. The molecule has 23 heavy (non-hydrogen) atoms. The third kappa shape index (κ3) is 2.72. The fourth-order valence-electron chi connectivity index (χ4n) is 3.00. The lowest BCUT2D eigenvalue weighted by Crippen LogP contribution is -2.06. The highest BCUT2D eigenvalue weighted by molar-refractivity contribution is 7.07. The number of amides is 1. The van der Waals surface area contributed by atoms with Gasteiger partial charge in [-0.25, -0.2) is 9.97 Å². The standard InChI is InChI=1S/C18H17N3OS/c1-10-5-13(20-11(2)22)6-15-14(12-3-4-12)7-16(21-18(10)15)17-8-23-9-19-17/h5-9,12H,3-4H2,1-2H3,(H,20,22). The second-order valence-corrected chi connectivity index (χ2v) is 6.83. The maximum Gasteiger partial charge on any atom is 0.221 e. The Labute approximate surface area is 138 Å². The first kappa shape index (κ1) is 14.3. The number of benzene rings is 1. The largest absolute Gasteiger partial charge is 0.326 e. The average molecular weight is 323 g/mol. The first-order valence-electron chi connectivity index (χ1n) is 7.73. The number of thiazole rings is 1. The molecule has 2 aromatic heterocycles. The summed E-state index contributed by atoms with van der Waals surface area (Å²) in [7, 11) is 0. The van der Waals surface area contributed by atoms with Crippen molar-refractivity contribution in [1.29, 1.82) is 0 Å². The normalized spacial score (nSPS) is 14.2. The second-order valence-electron chi connectivity index (χ2n) is 6.12. The number of aryl methyl sites for hydroxylation is 1. The van der Waals surface area contributed by atoms with E-state index >= 15 is 0 Å². The van der Waals surface area contributed by atoms with E-state index in [2.05, 4.69) is 22.4 Å². The van der Waals surface area contributed by atoms with E-state index in [1.54, 1.807) is 11.3 Å². The van der Waals surface area contributed by atoms with Crippen molar-refractivity contribution in [2.75, 3.05) is 5.32 Å². The molecule has 2 heterocycles. The highest BCUT2D eigenvalue weighted by Gasteiger charge is 2.27. The highest BCUT2D eigenvalue weighted by Crippen LogP contribution is 2.44. The number of anilines is 1. The zero-order chi connectivity index (χ0) is 16.0. The van der Waals surface area contributed by atoms with E-state index in [0.717, 1.165) is 33.5 Å². The number of fused-ring (bicyclic) bond motifs is 1. The van der Waals surface area contributed by atoms with Crippen molar-refractivity contribution in [2.24, 2.45) is 0 Å². The zero-order valence-corrected chi connectivity index (χ0v) is 13.9. The van der Waals surface area contributed by atoms with Crippen molar-refractivity contribution in [1.82, 2.24) is 9.97 Å². The van der Waals surface area contributed by atoms with Gasteiger partial charge in [-0.1, -0.05) is 0 Å². The lowest BCUT2D eigenvalue weighted by molar-refractivity contribution is -0.114. The molecule has 3 aromatic rings. The number of carbonyl (C=O) groups is 1. The quantitative estimate of drug-likeness (QED) is 0.772. The minimum Gasteiger partial charge on any atom is -0.326 e. The van der Waals surface area contributed by atoms with E-state index in [1.165, 1.54) is 25.3 Å². The van der Waals surface area contributed by atoms with Crippen LogP contribution in [0.4, 0.5) is 5.69 Å². The van der Waals surface area contributed by atoms with Gasteiger partial charge in [0.25, 0.3) is 0 Å². The Morgan fingerprint density at radius 1 is 1.26 bits per heavy atom. The molecular formula is C18H17N3OS. The van der Waals surface area contributed by atoms with Crippen LogP contribution in [0.1, 0.15) is 36.8 Å². The smallest absolute Gasteiger partial charge is 0.221 e. The first-order chi connectivity index (χ1) is 11.1. The molecule has 0 bridgehead atoms. The van der Waals surface area contributed by atoms with E-state index in [0.29, 0.717) is 5.92 Å². The van der Waals surface area contributed by atoms with Crippen LogP contribution in [0.3, 0.4) is 0 Å². The van der Waals surface area contributed by atoms with Crippen LogP contribution < -0.4 is 5.32 Å². The van der Waals surface area contributed by atoms with Crippen LogP contribution >= 0.6 is 11.3 Å². The van der Waals surface area contributed by atoms with E-state index in [-0.39, 0.29) is 5.91 Å². The number of pyridine rings is 1. The maximum absolute atomic E-state index is 11.4. The van der Waals surface area contributed by atoms with Crippen molar-refractivity contribution in [2.45, 2.75) is 32.6 Å². The number of rotatable bonds is 3. The van der Waals surface area contributed by atoms with Crippen LogP contribution in [0.25, 0.3) is 22.3 Å². The second kappa shape index (κ2) is 5.42. The summed E-state index contributed by atoms with van der Waals surface area (Å²) in [5, 5.41) is 6.07. The summed E-state index contributed by atoms with van der Waals surface area (Å²) in [5.74, 6) is 0.550. The van der Waals surface area contributed by atoms with Crippen molar-refractivity contribution in [3.8, 4) is 11.4 Å². The molecule has 116 valence electrons. The zero-order valence-electron chi connectivity index (χ0n) is 13.1. The maximum atomic E-state index is 11.4. The van der Waals surface area contributed by atoms with Crippen LogP contribution in [0.15, 0.2) is 29.1 Å². The molecule has 0 unspecified atom stereocenters. The van der Waals surface area contributed by atoms with Gasteiger partial charge in [0.1, 0.15) is 0 Å². The Balaban J connectivity index is 1.95. The molecule has 0 atom stereocenters. The molecule has 1 aromatic carbocycles. The molecule has 1 amide bonds. The first-order valence-corrected chi connectivity index (χ1v) is 8.67. The fourth-order valence-corrected chi connectivity index (χ4v) is 3.55. The van der Waals surface area contributed by atoms with E-state index in [4.69, 9.17) is 4.98 Å². The molecule has 1 N–H and O–H groups in total. The predicted molar refractivity (Wildman–Crippen MR) is 93.9 cm³/mol. The van der Waals surface area contributed by atoms with Gasteiger partial charge in [0, 0.05) is 23.4 Å². The number of nitrogens with one attached hydrogen (secondary N) is 1. The van der Waals surface area contributed by atoms with Crippen LogP contribution in [-0.2, 0) is 4.79 Å². The van der Waals surface area contributed by atoms with Gasteiger partial charge in [-0.2, -0.15) is 0 Å². The predicted octanol–water partition coefficient (Wildman–Crippen LogP) is 4.50. The molecule has 0 radical (unpaired) electrons. The van der Waals surface area contributed by atoms with Gasteiger partial charge in [0.15, 0.2) is 0 Å². The average Bonchev–Trinajstić information content (AvgIpc) is 3.20. The lowest BCUT2D eigenvalue weighted by atomic mass is 9.99. The summed E-state index contributed by atoms with van der Waals surface area (Å²) in [6, 6.07) is 6.21. The highest BCUT2D eigenvalue weighted by atomic mass is 32.1. The van der Waals surface area contributed by atoms with Gasteiger partial charge < -0.3 is 5.32 Å². The van der Waals surface area contributed by atoms with Gasteiger partial charge in [-0.3, -0.25) is 4.79 Å². The number of aromatic nitrogens is 2. The summed E-state index contributed by atoms with van der Waals surface area (Å²) in [4.78, 5) is 20.6. The third-order valence-corrected chi connectivity index (χ3v) is 4.75. The van der Waals surface area contributed by atoms with Gasteiger partial charge in [-0.15, -0.1) is 11.3 Å². The topological polar surface area (TPSA) is 54.9 Å². The molecule has 1 aliphatic rings. The Kier molecular flexibility index (Phi) is 3.38. The third-order valence-electron chi connectivity index (χ3n) is 4.17. The van der Waals surface area contributed by atoms with Crippen LogP contribution in [-0.4, -0.2) is 15.9 Å². The molecule has 1 saturated carbocycles. The minimum atomic E-state index is -0.0521. The van der Waals surface area contributed by atoms with Crippen molar-refractivity contribution in [3.63, 3.8) is 0 Å². The van der Waals surface area contributed by atoms with Crippen LogP contribution in [0.2, 0.25) is 0 Å². The fraction of sp³-hybridized carbons (Fsp3) is 0.278. The summed E-state index contributed by atoms with van der Waals surface area (Å²) in [6.07, 6.45) is 2.44.